The Kier molecular flexibility index (Phi) is 8.43. The molecule has 2 aromatic carbocycles. The van der Waals surface area contributed by atoms with Gasteiger partial charge in [0.25, 0.3) is 5.91 Å². The van der Waals surface area contributed by atoms with E-state index in [4.69, 9.17) is 9.47 Å². The summed E-state index contributed by atoms with van der Waals surface area (Å²) in [4.78, 5) is 38.5. The van der Waals surface area contributed by atoms with E-state index < -0.39 is 0 Å². The molecule has 3 rings (SSSR count). The molecule has 8 nitrogen and oxygen atoms in total. The topological polar surface area (TPSA) is 97.0 Å². The Labute approximate surface area is 194 Å². The molecule has 1 heterocycles. The van der Waals surface area contributed by atoms with Gasteiger partial charge in [-0.25, -0.2) is 0 Å². The molecular weight excluding hydrogens is 422 g/mol. The Hall–Kier alpha value is -3.39. The van der Waals surface area contributed by atoms with Crippen LogP contribution in [0.5, 0.6) is 5.75 Å². The van der Waals surface area contributed by atoms with Crippen molar-refractivity contribution in [3.63, 3.8) is 0 Å². The second-order valence-corrected chi connectivity index (χ2v) is 8.17. The Morgan fingerprint density at radius 3 is 2.55 bits per heavy atom. The molecule has 1 aliphatic rings. The van der Waals surface area contributed by atoms with E-state index >= 15 is 0 Å². The quantitative estimate of drug-likeness (QED) is 0.539. The van der Waals surface area contributed by atoms with Gasteiger partial charge in [0, 0.05) is 44.6 Å². The van der Waals surface area contributed by atoms with Gasteiger partial charge in [-0.05, 0) is 67.8 Å². The van der Waals surface area contributed by atoms with Gasteiger partial charge in [-0.15, -0.1) is 0 Å². The Bertz CT molecular complexity index is 990. The van der Waals surface area contributed by atoms with E-state index in [1.54, 1.807) is 36.3 Å². The zero-order chi connectivity index (χ0) is 23.8. The molecule has 33 heavy (non-hydrogen) atoms. The van der Waals surface area contributed by atoms with E-state index in [2.05, 4.69) is 10.6 Å². The molecule has 0 aromatic heterocycles. The van der Waals surface area contributed by atoms with E-state index in [0.29, 0.717) is 31.1 Å². The molecule has 0 aliphatic carbocycles. The molecule has 1 saturated heterocycles. The maximum Gasteiger partial charge on any atom is 0.262 e. The van der Waals surface area contributed by atoms with Gasteiger partial charge in [-0.1, -0.05) is 6.07 Å². The third-order valence-electron chi connectivity index (χ3n) is 5.63. The number of aryl methyl sites for hydroxylation is 2. The van der Waals surface area contributed by atoms with Crippen LogP contribution in [-0.2, 0) is 19.1 Å². The Morgan fingerprint density at radius 1 is 1.09 bits per heavy atom. The Balaban J connectivity index is 1.48. The molecule has 2 N–H and O–H groups in total. The number of carbonyl (C=O) groups excluding carboxylic acids is 3. The number of methoxy groups -OCH3 is 1. The normalized spacial score (nSPS) is 15.4. The predicted molar refractivity (Wildman–Crippen MR) is 126 cm³/mol. The zero-order valence-corrected chi connectivity index (χ0v) is 19.3. The molecule has 0 spiro atoms. The molecule has 1 aliphatic heterocycles. The Morgan fingerprint density at radius 2 is 1.85 bits per heavy atom. The van der Waals surface area contributed by atoms with Gasteiger partial charge >= 0.3 is 0 Å². The molecule has 3 amide bonds. The van der Waals surface area contributed by atoms with Crippen LogP contribution in [0.4, 0.5) is 11.4 Å². The lowest BCUT2D eigenvalue weighted by atomic mass is 10.1. The summed E-state index contributed by atoms with van der Waals surface area (Å²) in [6.07, 6.45) is 0.920. The standard InChI is InChI=1S/C25H31N3O5/c1-17-5-6-20(13-18(17)2)27-23(29)16-33-22-9-7-21(8-10-22)28-15-19(14-24(28)30)25(31)26-11-4-12-32-3/h5-10,13,19H,4,11-12,14-16H2,1-3H3,(H,26,31)(H,27,29)/t19-/m1/s1. The number of hydrogen-bond donors (Lipinski definition) is 2. The number of rotatable bonds is 10. The average Bonchev–Trinajstić information content (AvgIpc) is 3.20. The number of carbonyl (C=O) groups is 3. The summed E-state index contributed by atoms with van der Waals surface area (Å²) in [6, 6.07) is 12.7. The van der Waals surface area contributed by atoms with Gasteiger partial charge in [0.15, 0.2) is 6.61 Å². The second-order valence-electron chi connectivity index (χ2n) is 8.17. The van der Waals surface area contributed by atoms with Crippen LogP contribution in [0.15, 0.2) is 42.5 Å². The summed E-state index contributed by atoms with van der Waals surface area (Å²) in [6.45, 7) is 5.33. The van der Waals surface area contributed by atoms with Crippen molar-refractivity contribution in [2.45, 2.75) is 26.7 Å². The smallest absolute Gasteiger partial charge is 0.262 e. The number of nitrogens with zero attached hydrogens (tertiary/aromatic N) is 1. The van der Waals surface area contributed by atoms with Crippen LogP contribution in [0.3, 0.4) is 0 Å². The summed E-state index contributed by atoms with van der Waals surface area (Å²) in [5.41, 5.74) is 3.69. The number of hydrogen-bond acceptors (Lipinski definition) is 5. The minimum absolute atomic E-state index is 0.0894. The second kappa shape index (κ2) is 11.5. The van der Waals surface area contributed by atoms with Crippen molar-refractivity contribution < 1.29 is 23.9 Å². The van der Waals surface area contributed by atoms with E-state index in [-0.39, 0.29) is 36.7 Å². The van der Waals surface area contributed by atoms with Crippen LogP contribution in [0.1, 0.15) is 24.0 Å². The minimum Gasteiger partial charge on any atom is -0.484 e. The van der Waals surface area contributed by atoms with Crippen molar-refractivity contribution in [3.8, 4) is 5.75 Å². The van der Waals surface area contributed by atoms with Crippen molar-refractivity contribution in [1.82, 2.24) is 5.32 Å². The molecule has 8 heteroatoms. The summed E-state index contributed by atoms with van der Waals surface area (Å²) in [7, 11) is 1.62. The SMILES string of the molecule is COCCCNC(=O)[C@@H]1CC(=O)N(c2ccc(OCC(=O)Nc3ccc(C)c(C)c3)cc2)C1. The first-order valence-electron chi connectivity index (χ1n) is 11.0. The largest absolute Gasteiger partial charge is 0.484 e. The zero-order valence-electron chi connectivity index (χ0n) is 19.3. The maximum absolute atomic E-state index is 12.4. The molecule has 1 fully saturated rings. The highest BCUT2D eigenvalue weighted by atomic mass is 16.5. The highest BCUT2D eigenvalue weighted by molar-refractivity contribution is 6.00. The van der Waals surface area contributed by atoms with Crippen LogP contribution in [-0.4, -0.2) is 51.1 Å². The van der Waals surface area contributed by atoms with E-state index in [1.807, 2.05) is 32.0 Å². The van der Waals surface area contributed by atoms with E-state index in [0.717, 1.165) is 23.2 Å². The first-order valence-corrected chi connectivity index (χ1v) is 11.0. The number of amides is 3. The summed E-state index contributed by atoms with van der Waals surface area (Å²) >= 11 is 0. The predicted octanol–water partition coefficient (Wildman–Crippen LogP) is 2.83. The van der Waals surface area contributed by atoms with E-state index in [1.165, 1.54) is 0 Å². The molecule has 0 saturated carbocycles. The number of ether oxygens (including phenoxy) is 2. The summed E-state index contributed by atoms with van der Waals surface area (Å²) < 4.78 is 10.5. The number of nitrogens with one attached hydrogen (secondary N) is 2. The van der Waals surface area contributed by atoms with Crippen LogP contribution < -0.4 is 20.3 Å². The molecule has 2 aromatic rings. The first kappa shape index (κ1) is 24.3. The first-order chi connectivity index (χ1) is 15.9. The molecule has 1 atom stereocenters. The van der Waals surface area contributed by atoms with Gasteiger partial charge in [-0.3, -0.25) is 14.4 Å². The fraction of sp³-hybridized carbons (Fsp3) is 0.400. The van der Waals surface area contributed by atoms with Gasteiger partial charge in [0.1, 0.15) is 5.75 Å². The third-order valence-corrected chi connectivity index (χ3v) is 5.63. The molecule has 0 bridgehead atoms. The lowest BCUT2D eigenvalue weighted by Gasteiger charge is -2.17. The van der Waals surface area contributed by atoms with Crippen LogP contribution in [0, 0.1) is 19.8 Å². The number of benzene rings is 2. The molecule has 0 unspecified atom stereocenters. The lowest BCUT2D eigenvalue weighted by molar-refractivity contribution is -0.126. The van der Waals surface area contributed by atoms with Gasteiger partial charge in [0.2, 0.25) is 11.8 Å². The summed E-state index contributed by atoms with van der Waals surface area (Å²) in [5, 5.41) is 5.67. The van der Waals surface area contributed by atoms with Crippen molar-refractivity contribution in [2.75, 3.05) is 43.6 Å². The molecule has 0 radical (unpaired) electrons. The van der Waals surface area contributed by atoms with E-state index in [9.17, 15) is 14.4 Å². The van der Waals surface area contributed by atoms with Crippen molar-refractivity contribution in [3.05, 3.63) is 53.6 Å². The molecular formula is C25H31N3O5. The summed E-state index contributed by atoms with van der Waals surface area (Å²) in [5.74, 6) is -0.306. The van der Waals surface area contributed by atoms with Crippen LogP contribution >= 0.6 is 0 Å². The monoisotopic (exact) mass is 453 g/mol. The van der Waals surface area contributed by atoms with Crippen molar-refractivity contribution in [2.24, 2.45) is 5.92 Å². The van der Waals surface area contributed by atoms with Gasteiger partial charge in [-0.2, -0.15) is 0 Å². The average molecular weight is 454 g/mol. The number of anilines is 2. The minimum atomic E-state index is -0.370. The maximum atomic E-state index is 12.4. The van der Waals surface area contributed by atoms with Gasteiger partial charge in [0.05, 0.1) is 5.92 Å². The fourth-order valence-electron chi connectivity index (χ4n) is 3.59. The van der Waals surface area contributed by atoms with Crippen molar-refractivity contribution in [1.29, 1.82) is 0 Å². The van der Waals surface area contributed by atoms with Crippen LogP contribution in [0.25, 0.3) is 0 Å². The highest BCUT2D eigenvalue weighted by Crippen LogP contribution is 2.27. The molecule has 176 valence electrons. The fourth-order valence-corrected chi connectivity index (χ4v) is 3.59. The highest BCUT2D eigenvalue weighted by Gasteiger charge is 2.34. The van der Waals surface area contributed by atoms with Crippen LogP contribution in [0.2, 0.25) is 0 Å². The third kappa shape index (κ3) is 6.79. The lowest BCUT2D eigenvalue weighted by Crippen LogP contribution is -2.33. The van der Waals surface area contributed by atoms with Gasteiger partial charge < -0.3 is 25.0 Å². The van der Waals surface area contributed by atoms with Crippen molar-refractivity contribution >= 4 is 29.1 Å².